The minimum absolute atomic E-state index is 0.0866. The highest BCUT2D eigenvalue weighted by atomic mass is 35.5. The van der Waals surface area contributed by atoms with Gasteiger partial charge < -0.3 is 5.32 Å². The van der Waals surface area contributed by atoms with E-state index in [1.54, 1.807) is 16.8 Å². The number of alkyl halides is 1. The highest BCUT2D eigenvalue weighted by Crippen LogP contribution is 2.30. The lowest BCUT2D eigenvalue weighted by Crippen LogP contribution is -2.42. The van der Waals surface area contributed by atoms with Crippen molar-refractivity contribution in [1.82, 2.24) is 35.7 Å². The summed E-state index contributed by atoms with van der Waals surface area (Å²) in [7, 11) is 1.87. The van der Waals surface area contributed by atoms with Crippen LogP contribution in [0, 0.1) is 0 Å². The fourth-order valence-corrected chi connectivity index (χ4v) is 4.35. The average molecular weight is 562 g/mol. The van der Waals surface area contributed by atoms with E-state index in [-0.39, 0.29) is 30.2 Å². The monoisotopic (exact) mass is 561 g/mol. The van der Waals surface area contributed by atoms with E-state index < -0.39 is 5.91 Å². The zero-order valence-electron chi connectivity index (χ0n) is 22.6. The maximum absolute atomic E-state index is 13.4. The van der Waals surface area contributed by atoms with Crippen LogP contribution in [0.2, 0.25) is 0 Å². The number of benzene rings is 2. The lowest BCUT2D eigenvalue weighted by Gasteiger charge is -2.18. The molecule has 0 fully saturated rings. The first kappa shape index (κ1) is 28.6. The number of aromatic nitrogens is 4. The summed E-state index contributed by atoms with van der Waals surface area (Å²) in [6.07, 6.45) is 6.11. The van der Waals surface area contributed by atoms with Gasteiger partial charge in [-0.15, -0.1) is 11.6 Å². The molecule has 2 aromatic heterocycles. The molecule has 1 atom stereocenters. The molecule has 3 amide bonds. The van der Waals surface area contributed by atoms with Crippen LogP contribution >= 0.6 is 11.6 Å². The number of halogens is 1. The normalized spacial score (nSPS) is 11.6. The Morgan fingerprint density at radius 1 is 1.00 bits per heavy atom. The fourth-order valence-electron chi connectivity index (χ4n) is 4.28. The van der Waals surface area contributed by atoms with E-state index in [0.29, 0.717) is 12.0 Å². The van der Waals surface area contributed by atoms with Gasteiger partial charge in [-0.2, -0.15) is 10.2 Å². The molecule has 3 N–H and O–H groups in total. The standard InChI is InChI=1S/C29H32ClN7O3/c1-4-37-12-11-26(35-37)23-14-21(13-22(15-23)24-17-31-36(3)18-24)19(2)32-29(40)25-8-6-5-7-20(25)9-10-27(38)33-34-28(39)16-30/h5-8,11-15,17-19H,4,9-10,16H2,1-3H3,(H,32,40)(H,33,38)(H,34,39)/t19-/m1/s1. The number of amides is 3. The number of hydrogen-bond donors (Lipinski definition) is 3. The maximum atomic E-state index is 13.4. The number of nitrogens with one attached hydrogen (secondary N) is 3. The molecule has 0 saturated carbocycles. The van der Waals surface area contributed by atoms with Gasteiger partial charge in [0, 0.05) is 49.1 Å². The van der Waals surface area contributed by atoms with E-state index >= 15 is 0 Å². The first-order valence-corrected chi connectivity index (χ1v) is 13.5. The average Bonchev–Trinajstić information content (AvgIpc) is 3.64. The summed E-state index contributed by atoms with van der Waals surface area (Å²) in [4.78, 5) is 36.8. The lowest BCUT2D eigenvalue weighted by atomic mass is 9.96. The quantitative estimate of drug-likeness (QED) is 0.201. The van der Waals surface area contributed by atoms with Crippen LogP contribution < -0.4 is 16.2 Å². The SMILES string of the molecule is CCn1ccc(-c2cc(-c3cnn(C)c3)cc([C@@H](C)NC(=O)c3ccccc3CCC(=O)NNC(=O)CCl)c2)n1. The minimum Gasteiger partial charge on any atom is -0.346 e. The fraction of sp³-hybridized carbons (Fsp3) is 0.276. The second-order valence-corrected chi connectivity index (χ2v) is 9.65. The number of aryl methyl sites for hydroxylation is 3. The largest absolute Gasteiger partial charge is 0.346 e. The summed E-state index contributed by atoms with van der Waals surface area (Å²) in [6, 6.07) is 15.0. The summed E-state index contributed by atoms with van der Waals surface area (Å²) in [5, 5.41) is 12.1. The van der Waals surface area contributed by atoms with Crippen molar-refractivity contribution in [3.63, 3.8) is 0 Å². The molecular formula is C29H32ClN7O3. The Morgan fingerprint density at radius 3 is 2.45 bits per heavy atom. The molecule has 0 aliphatic heterocycles. The van der Waals surface area contributed by atoms with E-state index in [4.69, 9.17) is 11.6 Å². The molecule has 4 rings (SSSR count). The van der Waals surface area contributed by atoms with Crippen LogP contribution in [-0.4, -0.2) is 43.2 Å². The van der Waals surface area contributed by atoms with Gasteiger partial charge in [-0.3, -0.25) is 34.6 Å². The molecule has 0 bridgehead atoms. The van der Waals surface area contributed by atoms with Crippen molar-refractivity contribution < 1.29 is 14.4 Å². The molecule has 0 aliphatic rings. The zero-order chi connectivity index (χ0) is 28.6. The first-order valence-electron chi connectivity index (χ1n) is 13.0. The summed E-state index contributed by atoms with van der Waals surface area (Å²) < 4.78 is 3.63. The van der Waals surface area contributed by atoms with Gasteiger partial charge >= 0.3 is 0 Å². The van der Waals surface area contributed by atoms with E-state index in [1.165, 1.54) is 0 Å². The Labute approximate surface area is 237 Å². The van der Waals surface area contributed by atoms with Crippen molar-refractivity contribution >= 4 is 29.3 Å². The van der Waals surface area contributed by atoms with Gasteiger partial charge in [-0.1, -0.05) is 18.2 Å². The van der Waals surface area contributed by atoms with E-state index in [0.717, 1.165) is 40.1 Å². The number of nitrogens with zero attached hydrogens (tertiary/aromatic N) is 4. The highest BCUT2D eigenvalue weighted by molar-refractivity contribution is 6.27. The smallest absolute Gasteiger partial charge is 0.253 e. The van der Waals surface area contributed by atoms with Gasteiger partial charge in [-0.25, -0.2) is 0 Å². The predicted molar refractivity (Wildman–Crippen MR) is 153 cm³/mol. The predicted octanol–water partition coefficient (Wildman–Crippen LogP) is 3.78. The number of hydrazine groups is 1. The Morgan fingerprint density at radius 2 is 1.75 bits per heavy atom. The Hall–Kier alpha value is -4.44. The maximum Gasteiger partial charge on any atom is 0.253 e. The van der Waals surface area contributed by atoms with Crippen molar-refractivity contribution in [3.8, 4) is 22.4 Å². The molecule has 40 heavy (non-hydrogen) atoms. The van der Waals surface area contributed by atoms with Crippen LogP contribution in [-0.2, 0) is 29.6 Å². The molecule has 0 spiro atoms. The molecule has 11 heteroatoms. The van der Waals surface area contributed by atoms with Gasteiger partial charge in [0.1, 0.15) is 5.88 Å². The molecule has 208 valence electrons. The second kappa shape index (κ2) is 13.1. The molecule has 2 aromatic carbocycles. The van der Waals surface area contributed by atoms with Crippen LogP contribution in [0.15, 0.2) is 67.1 Å². The molecule has 0 aliphatic carbocycles. The zero-order valence-corrected chi connectivity index (χ0v) is 23.4. The van der Waals surface area contributed by atoms with Crippen LogP contribution in [0.1, 0.15) is 47.8 Å². The van der Waals surface area contributed by atoms with E-state index in [9.17, 15) is 14.4 Å². The third-order valence-corrected chi connectivity index (χ3v) is 6.69. The summed E-state index contributed by atoms with van der Waals surface area (Å²) in [5.74, 6) is -1.39. The molecule has 10 nitrogen and oxygen atoms in total. The van der Waals surface area contributed by atoms with E-state index in [1.807, 2.05) is 74.5 Å². The van der Waals surface area contributed by atoms with Crippen LogP contribution in [0.3, 0.4) is 0 Å². The lowest BCUT2D eigenvalue weighted by molar-refractivity contribution is -0.127. The minimum atomic E-state index is -0.502. The van der Waals surface area contributed by atoms with Crippen molar-refractivity contribution in [2.45, 2.75) is 39.3 Å². The number of hydrogen-bond acceptors (Lipinski definition) is 5. The highest BCUT2D eigenvalue weighted by Gasteiger charge is 2.18. The molecule has 0 radical (unpaired) electrons. The molecule has 0 unspecified atom stereocenters. The van der Waals surface area contributed by atoms with Crippen LogP contribution in [0.5, 0.6) is 0 Å². The van der Waals surface area contributed by atoms with Gasteiger partial charge in [0.05, 0.1) is 17.9 Å². The second-order valence-electron chi connectivity index (χ2n) is 9.39. The first-order chi connectivity index (χ1) is 19.3. The Kier molecular flexibility index (Phi) is 9.34. The van der Waals surface area contributed by atoms with Crippen LogP contribution in [0.4, 0.5) is 0 Å². The van der Waals surface area contributed by atoms with Crippen molar-refractivity contribution in [3.05, 3.63) is 83.8 Å². The third-order valence-electron chi connectivity index (χ3n) is 6.45. The number of carbonyl (C=O) groups excluding carboxylic acids is 3. The van der Waals surface area contributed by atoms with Gasteiger partial charge in [-0.05, 0) is 67.3 Å². The van der Waals surface area contributed by atoms with Gasteiger partial charge in [0.25, 0.3) is 11.8 Å². The van der Waals surface area contributed by atoms with Crippen molar-refractivity contribution in [2.75, 3.05) is 5.88 Å². The summed E-state index contributed by atoms with van der Waals surface area (Å²) in [6.45, 7) is 4.74. The van der Waals surface area contributed by atoms with Crippen LogP contribution in [0.25, 0.3) is 22.4 Å². The number of rotatable bonds is 10. The number of carbonyl (C=O) groups is 3. The topological polar surface area (TPSA) is 123 Å². The summed E-state index contributed by atoms with van der Waals surface area (Å²) in [5.41, 5.74) is 10.4. The summed E-state index contributed by atoms with van der Waals surface area (Å²) >= 11 is 5.42. The van der Waals surface area contributed by atoms with E-state index in [2.05, 4.69) is 32.4 Å². The molecular weight excluding hydrogens is 530 g/mol. The molecule has 0 saturated heterocycles. The molecule has 2 heterocycles. The van der Waals surface area contributed by atoms with Crippen molar-refractivity contribution in [2.24, 2.45) is 7.05 Å². The molecule has 4 aromatic rings. The Balaban J connectivity index is 1.54. The van der Waals surface area contributed by atoms with Gasteiger partial charge in [0.2, 0.25) is 5.91 Å². The van der Waals surface area contributed by atoms with Gasteiger partial charge in [0.15, 0.2) is 0 Å². The third kappa shape index (κ3) is 7.15. The van der Waals surface area contributed by atoms with Crippen molar-refractivity contribution in [1.29, 1.82) is 0 Å². The Bertz CT molecular complexity index is 1510.